The molecule has 1 fully saturated rings. The number of likely N-dealkylation sites (tertiary alicyclic amines) is 1. The van der Waals surface area contributed by atoms with Gasteiger partial charge < -0.3 is 5.32 Å². The van der Waals surface area contributed by atoms with Crippen LogP contribution >= 0.6 is 0 Å². The summed E-state index contributed by atoms with van der Waals surface area (Å²) in [7, 11) is 1.84. The molecule has 0 unspecified atom stereocenters. The molecular weight excluding hydrogens is 176 g/mol. The monoisotopic (exact) mass is 192 g/mol. The zero-order chi connectivity index (χ0) is 9.80. The Bertz CT molecular complexity index is 294. The van der Waals surface area contributed by atoms with Gasteiger partial charge in [0.2, 0.25) is 5.95 Å². The molecule has 1 aromatic heterocycles. The molecule has 2 heterocycles. The Morgan fingerprint density at radius 1 is 1.43 bits per heavy atom. The van der Waals surface area contributed by atoms with Gasteiger partial charge in [0.1, 0.15) is 0 Å². The third-order valence-corrected chi connectivity index (χ3v) is 2.52. The lowest BCUT2D eigenvalue weighted by Gasteiger charge is -2.13. The Labute approximate surface area is 84.4 Å². The Kier molecular flexibility index (Phi) is 2.93. The largest absolute Gasteiger partial charge is 0.357 e. The van der Waals surface area contributed by atoms with Crippen LogP contribution in [0.2, 0.25) is 0 Å². The fraction of sp³-hybridized carbons (Fsp3) is 0.600. The summed E-state index contributed by atoms with van der Waals surface area (Å²) in [4.78, 5) is 10.9. The van der Waals surface area contributed by atoms with E-state index in [9.17, 15) is 0 Å². The molecule has 14 heavy (non-hydrogen) atoms. The highest BCUT2D eigenvalue weighted by atomic mass is 15.2. The highest BCUT2D eigenvalue weighted by Crippen LogP contribution is 2.11. The average Bonchev–Trinajstić information content (AvgIpc) is 2.71. The maximum atomic E-state index is 4.39. The standard InChI is InChI=1S/C10H16N4/c1-11-10-12-5-4-9(13-10)8-14-6-2-3-7-14/h4-5H,2-3,6-8H2,1H3,(H,11,12,13). The van der Waals surface area contributed by atoms with Gasteiger partial charge in [-0.1, -0.05) is 0 Å². The Balaban J connectivity index is 2.00. The van der Waals surface area contributed by atoms with E-state index in [1.54, 1.807) is 0 Å². The summed E-state index contributed by atoms with van der Waals surface area (Å²) < 4.78 is 0. The average molecular weight is 192 g/mol. The van der Waals surface area contributed by atoms with Crippen LogP contribution in [-0.2, 0) is 6.54 Å². The van der Waals surface area contributed by atoms with Gasteiger partial charge in [-0.25, -0.2) is 9.97 Å². The summed E-state index contributed by atoms with van der Waals surface area (Å²) in [6.45, 7) is 3.37. The van der Waals surface area contributed by atoms with Crippen molar-refractivity contribution in [3.05, 3.63) is 18.0 Å². The molecule has 0 aliphatic carbocycles. The lowest BCUT2D eigenvalue weighted by Crippen LogP contribution is -2.19. The van der Waals surface area contributed by atoms with E-state index in [2.05, 4.69) is 20.2 Å². The first-order valence-electron chi connectivity index (χ1n) is 5.10. The topological polar surface area (TPSA) is 41.1 Å². The maximum absolute atomic E-state index is 4.39. The van der Waals surface area contributed by atoms with Gasteiger partial charge in [-0.3, -0.25) is 4.90 Å². The summed E-state index contributed by atoms with van der Waals surface area (Å²) in [5.74, 6) is 0.710. The van der Waals surface area contributed by atoms with Crippen LogP contribution in [0.25, 0.3) is 0 Å². The molecule has 0 amide bonds. The molecule has 0 spiro atoms. The van der Waals surface area contributed by atoms with Crippen molar-refractivity contribution in [3.8, 4) is 0 Å². The first-order chi connectivity index (χ1) is 6.88. The molecule has 0 bridgehead atoms. The van der Waals surface area contributed by atoms with Crippen molar-refractivity contribution >= 4 is 5.95 Å². The van der Waals surface area contributed by atoms with Crippen LogP contribution in [0, 0.1) is 0 Å². The number of nitrogens with one attached hydrogen (secondary N) is 1. The third kappa shape index (κ3) is 2.20. The van der Waals surface area contributed by atoms with Crippen molar-refractivity contribution in [1.29, 1.82) is 0 Å². The summed E-state index contributed by atoms with van der Waals surface area (Å²) in [5.41, 5.74) is 1.10. The van der Waals surface area contributed by atoms with Crippen LogP contribution < -0.4 is 5.32 Å². The van der Waals surface area contributed by atoms with Crippen molar-refractivity contribution < 1.29 is 0 Å². The second-order valence-electron chi connectivity index (χ2n) is 3.60. The molecule has 76 valence electrons. The number of aromatic nitrogens is 2. The fourth-order valence-electron chi connectivity index (χ4n) is 1.77. The van der Waals surface area contributed by atoms with Crippen molar-refractivity contribution in [1.82, 2.24) is 14.9 Å². The van der Waals surface area contributed by atoms with E-state index >= 15 is 0 Å². The molecule has 0 atom stereocenters. The number of rotatable bonds is 3. The molecular formula is C10H16N4. The lowest BCUT2D eigenvalue weighted by atomic mass is 10.4. The van der Waals surface area contributed by atoms with Gasteiger partial charge in [0.25, 0.3) is 0 Å². The quantitative estimate of drug-likeness (QED) is 0.779. The van der Waals surface area contributed by atoms with Crippen molar-refractivity contribution in [2.75, 3.05) is 25.5 Å². The van der Waals surface area contributed by atoms with Gasteiger partial charge in [0.15, 0.2) is 0 Å². The Morgan fingerprint density at radius 3 is 2.93 bits per heavy atom. The smallest absolute Gasteiger partial charge is 0.222 e. The van der Waals surface area contributed by atoms with Crippen LogP contribution in [0.5, 0.6) is 0 Å². The second-order valence-corrected chi connectivity index (χ2v) is 3.60. The summed E-state index contributed by atoms with van der Waals surface area (Å²) in [6, 6.07) is 1.99. The fourth-order valence-corrected chi connectivity index (χ4v) is 1.77. The van der Waals surface area contributed by atoms with Gasteiger partial charge in [-0.05, 0) is 32.0 Å². The van der Waals surface area contributed by atoms with E-state index in [-0.39, 0.29) is 0 Å². The van der Waals surface area contributed by atoms with Crippen molar-refractivity contribution in [2.24, 2.45) is 0 Å². The van der Waals surface area contributed by atoms with Crippen LogP contribution in [0.15, 0.2) is 12.3 Å². The number of hydrogen-bond acceptors (Lipinski definition) is 4. The molecule has 1 aromatic rings. The van der Waals surface area contributed by atoms with Crippen molar-refractivity contribution in [3.63, 3.8) is 0 Å². The predicted octanol–water partition coefficient (Wildman–Crippen LogP) is 1.11. The molecule has 0 aromatic carbocycles. The molecule has 1 aliphatic heterocycles. The van der Waals surface area contributed by atoms with Crippen LogP contribution in [0.4, 0.5) is 5.95 Å². The number of hydrogen-bond donors (Lipinski definition) is 1. The minimum atomic E-state index is 0.710. The van der Waals surface area contributed by atoms with E-state index in [4.69, 9.17) is 0 Å². The van der Waals surface area contributed by atoms with Gasteiger partial charge in [-0.2, -0.15) is 0 Å². The third-order valence-electron chi connectivity index (χ3n) is 2.52. The summed E-state index contributed by atoms with van der Waals surface area (Å²) >= 11 is 0. The van der Waals surface area contributed by atoms with E-state index in [1.807, 2.05) is 19.3 Å². The van der Waals surface area contributed by atoms with Gasteiger partial charge >= 0.3 is 0 Å². The highest BCUT2D eigenvalue weighted by Gasteiger charge is 2.12. The lowest BCUT2D eigenvalue weighted by molar-refractivity contribution is 0.327. The highest BCUT2D eigenvalue weighted by molar-refractivity contribution is 5.23. The van der Waals surface area contributed by atoms with E-state index < -0.39 is 0 Å². The number of nitrogens with zero attached hydrogens (tertiary/aromatic N) is 3. The van der Waals surface area contributed by atoms with E-state index in [1.165, 1.54) is 25.9 Å². The minimum absolute atomic E-state index is 0.710. The maximum Gasteiger partial charge on any atom is 0.222 e. The second kappa shape index (κ2) is 4.37. The molecule has 1 aliphatic rings. The molecule has 4 heteroatoms. The zero-order valence-electron chi connectivity index (χ0n) is 8.53. The van der Waals surface area contributed by atoms with E-state index in [0.717, 1.165) is 12.2 Å². The van der Waals surface area contributed by atoms with E-state index in [0.29, 0.717) is 5.95 Å². The predicted molar refractivity (Wildman–Crippen MR) is 56.1 cm³/mol. The van der Waals surface area contributed by atoms with Gasteiger partial charge in [0.05, 0.1) is 5.69 Å². The molecule has 0 radical (unpaired) electrons. The molecule has 2 rings (SSSR count). The van der Waals surface area contributed by atoms with Crippen LogP contribution in [0.3, 0.4) is 0 Å². The molecule has 1 N–H and O–H groups in total. The Hall–Kier alpha value is -1.16. The minimum Gasteiger partial charge on any atom is -0.357 e. The van der Waals surface area contributed by atoms with Gasteiger partial charge in [0, 0.05) is 19.8 Å². The first-order valence-corrected chi connectivity index (χ1v) is 5.10. The molecule has 1 saturated heterocycles. The SMILES string of the molecule is CNc1nccc(CN2CCCC2)n1. The first kappa shape index (κ1) is 9.40. The van der Waals surface area contributed by atoms with Crippen LogP contribution in [-0.4, -0.2) is 35.0 Å². The Morgan fingerprint density at radius 2 is 2.21 bits per heavy atom. The normalized spacial score (nSPS) is 17.2. The molecule has 4 nitrogen and oxygen atoms in total. The van der Waals surface area contributed by atoms with Gasteiger partial charge in [-0.15, -0.1) is 0 Å². The number of anilines is 1. The molecule has 0 saturated carbocycles. The summed E-state index contributed by atoms with van der Waals surface area (Å²) in [5, 5.41) is 2.95. The van der Waals surface area contributed by atoms with Crippen LogP contribution in [0.1, 0.15) is 18.5 Å². The summed E-state index contributed by atoms with van der Waals surface area (Å²) in [6.07, 6.45) is 4.46. The van der Waals surface area contributed by atoms with Crippen molar-refractivity contribution in [2.45, 2.75) is 19.4 Å². The zero-order valence-corrected chi connectivity index (χ0v) is 8.53.